The Morgan fingerprint density at radius 2 is 1.82 bits per heavy atom. The molecular formula is C20H22N2O5S. The summed E-state index contributed by atoms with van der Waals surface area (Å²) in [5.41, 5.74) is 2.17. The van der Waals surface area contributed by atoms with Crippen molar-refractivity contribution in [2.75, 3.05) is 26.0 Å². The molecule has 0 spiro atoms. The van der Waals surface area contributed by atoms with Gasteiger partial charge in [-0.3, -0.25) is 4.79 Å². The number of anilines is 1. The van der Waals surface area contributed by atoms with Crippen molar-refractivity contribution in [3.63, 3.8) is 0 Å². The van der Waals surface area contributed by atoms with E-state index in [1.54, 1.807) is 43.3 Å². The van der Waals surface area contributed by atoms with Crippen molar-refractivity contribution in [2.45, 2.75) is 6.92 Å². The van der Waals surface area contributed by atoms with Gasteiger partial charge in [0.05, 0.1) is 19.2 Å². The van der Waals surface area contributed by atoms with Gasteiger partial charge in [0, 0.05) is 18.1 Å². The second kappa shape index (κ2) is 9.29. The molecule has 2 aromatic carbocycles. The first-order valence-corrected chi connectivity index (χ1v) is 9.91. The highest BCUT2D eigenvalue weighted by Gasteiger charge is 2.18. The first-order chi connectivity index (χ1) is 13.2. The monoisotopic (exact) mass is 402 g/mol. The summed E-state index contributed by atoms with van der Waals surface area (Å²) in [4.78, 5) is 23.9. The van der Waals surface area contributed by atoms with Gasteiger partial charge in [0.15, 0.2) is 0 Å². The van der Waals surface area contributed by atoms with E-state index >= 15 is 0 Å². The summed E-state index contributed by atoms with van der Waals surface area (Å²) in [7, 11) is -1.18. The lowest BCUT2D eigenvalue weighted by atomic mass is 10.1. The van der Waals surface area contributed by atoms with Crippen molar-refractivity contribution >= 4 is 33.7 Å². The van der Waals surface area contributed by atoms with Gasteiger partial charge in [-0.25, -0.2) is 13.2 Å². The maximum absolute atomic E-state index is 12.3. The topological polar surface area (TPSA) is 92.8 Å². The van der Waals surface area contributed by atoms with E-state index in [1.165, 1.54) is 26.3 Å². The number of amides is 1. The largest absolute Gasteiger partial charge is 0.465 e. The standard InChI is InChI=1S/C20H22N2O5S/c1-15-9-10-17(20(24)27-3)13-18(15)21-19(23)14-22(2)28(25,26)12-11-16-7-5-4-6-8-16/h4-13H,14H2,1-3H3,(H,21,23)/b12-11+. The molecule has 0 fully saturated rings. The first-order valence-electron chi connectivity index (χ1n) is 8.41. The zero-order chi connectivity index (χ0) is 20.7. The van der Waals surface area contributed by atoms with Crippen molar-refractivity contribution in [1.29, 1.82) is 0 Å². The summed E-state index contributed by atoms with van der Waals surface area (Å²) in [6, 6.07) is 13.7. The van der Waals surface area contributed by atoms with Crippen LogP contribution in [0.2, 0.25) is 0 Å². The van der Waals surface area contributed by atoms with Crippen LogP contribution in [0.1, 0.15) is 21.5 Å². The molecule has 0 saturated carbocycles. The number of esters is 1. The maximum atomic E-state index is 12.3. The van der Waals surface area contributed by atoms with Gasteiger partial charge in [0.1, 0.15) is 0 Å². The van der Waals surface area contributed by atoms with E-state index in [0.29, 0.717) is 5.69 Å². The minimum absolute atomic E-state index is 0.287. The minimum atomic E-state index is -3.76. The predicted octanol–water partition coefficient (Wildman–Crippen LogP) is 2.65. The number of benzene rings is 2. The van der Waals surface area contributed by atoms with Gasteiger partial charge in [0.2, 0.25) is 15.9 Å². The molecule has 0 atom stereocenters. The highest BCUT2D eigenvalue weighted by Crippen LogP contribution is 2.18. The van der Waals surface area contributed by atoms with Crippen molar-refractivity contribution in [3.8, 4) is 0 Å². The summed E-state index contributed by atoms with van der Waals surface area (Å²) in [6.45, 7) is 1.39. The molecule has 0 saturated heterocycles. The van der Waals surface area contributed by atoms with Gasteiger partial charge in [-0.1, -0.05) is 36.4 Å². The average Bonchev–Trinajstić information content (AvgIpc) is 2.68. The molecule has 7 nitrogen and oxygen atoms in total. The summed E-state index contributed by atoms with van der Waals surface area (Å²) in [5.74, 6) is -1.05. The number of nitrogens with one attached hydrogen (secondary N) is 1. The van der Waals surface area contributed by atoms with E-state index in [9.17, 15) is 18.0 Å². The Kier molecular flexibility index (Phi) is 7.08. The number of methoxy groups -OCH3 is 1. The molecule has 2 rings (SSSR count). The van der Waals surface area contributed by atoms with E-state index in [0.717, 1.165) is 20.8 Å². The Hall–Kier alpha value is -2.97. The lowest BCUT2D eigenvalue weighted by Gasteiger charge is -2.15. The van der Waals surface area contributed by atoms with Crippen LogP contribution in [0.4, 0.5) is 5.69 Å². The lowest BCUT2D eigenvalue weighted by Crippen LogP contribution is -2.34. The number of hydrogen-bond donors (Lipinski definition) is 1. The van der Waals surface area contributed by atoms with Gasteiger partial charge in [-0.15, -0.1) is 0 Å². The average molecular weight is 402 g/mol. The molecule has 0 unspecified atom stereocenters. The fourth-order valence-corrected chi connectivity index (χ4v) is 3.15. The number of hydrogen-bond acceptors (Lipinski definition) is 5. The lowest BCUT2D eigenvalue weighted by molar-refractivity contribution is -0.116. The van der Waals surface area contributed by atoms with Crippen LogP contribution in [0.5, 0.6) is 0 Å². The molecule has 1 amide bonds. The van der Waals surface area contributed by atoms with Crippen LogP contribution in [0.25, 0.3) is 6.08 Å². The van der Waals surface area contributed by atoms with E-state index in [1.807, 2.05) is 6.07 Å². The van der Waals surface area contributed by atoms with Gasteiger partial charge in [0.25, 0.3) is 0 Å². The molecule has 0 bridgehead atoms. The third-order valence-electron chi connectivity index (χ3n) is 3.97. The number of nitrogens with zero attached hydrogens (tertiary/aromatic N) is 1. The van der Waals surface area contributed by atoms with Crippen molar-refractivity contribution in [3.05, 3.63) is 70.6 Å². The highest BCUT2D eigenvalue weighted by molar-refractivity contribution is 7.92. The van der Waals surface area contributed by atoms with Crippen molar-refractivity contribution < 1.29 is 22.7 Å². The van der Waals surface area contributed by atoms with Crippen LogP contribution in [-0.2, 0) is 19.6 Å². The summed E-state index contributed by atoms with van der Waals surface area (Å²) in [6.07, 6.45) is 1.47. The zero-order valence-corrected chi connectivity index (χ0v) is 16.7. The molecule has 0 aliphatic heterocycles. The predicted molar refractivity (Wildman–Crippen MR) is 108 cm³/mol. The van der Waals surface area contributed by atoms with Gasteiger partial charge in [-0.05, 0) is 36.3 Å². The van der Waals surface area contributed by atoms with E-state index in [2.05, 4.69) is 10.1 Å². The molecular weight excluding hydrogens is 380 g/mol. The SMILES string of the molecule is COC(=O)c1ccc(C)c(NC(=O)CN(C)S(=O)(=O)/C=C/c2ccccc2)c1. The molecule has 1 N–H and O–H groups in total. The van der Waals surface area contributed by atoms with Crippen LogP contribution in [0.3, 0.4) is 0 Å². The third kappa shape index (κ3) is 5.77. The smallest absolute Gasteiger partial charge is 0.337 e. The van der Waals surface area contributed by atoms with E-state index < -0.39 is 21.9 Å². The molecule has 0 aromatic heterocycles. The molecule has 0 heterocycles. The number of sulfonamides is 1. The first kappa shape index (κ1) is 21.3. The quantitative estimate of drug-likeness (QED) is 0.719. The highest BCUT2D eigenvalue weighted by atomic mass is 32.2. The Bertz CT molecular complexity index is 985. The van der Waals surface area contributed by atoms with Gasteiger partial charge in [-0.2, -0.15) is 4.31 Å². The van der Waals surface area contributed by atoms with Crippen LogP contribution in [0, 0.1) is 6.92 Å². The molecule has 8 heteroatoms. The fourth-order valence-electron chi connectivity index (χ4n) is 2.32. The van der Waals surface area contributed by atoms with E-state index in [-0.39, 0.29) is 12.1 Å². The van der Waals surface area contributed by atoms with Crippen molar-refractivity contribution in [2.24, 2.45) is 0 Å². The minimum Gasteiger partial charge on any atom is -0.465 e. The maximum Gasteiger partial charge on any atom is 0.337 e. The Labute approximate surface area is 164 Å². The molecule has 0 radical (unpaired) electrons. The molecule has 148 valence electrons. The van der Waals surface area contributed by atoms with Crippen LogP contribution in [0.15, 0.2) is 53.9 Å². The number of ether oxygens (including phenoxy) is 1. The van der Waals surface area contributed by atoms with Crippen LogP contribution >= 0.6 is 0 Å². The zero-order valence-electron chi connectivity index (χ0n) is 15.9. The van der Waals surface area contributed by atoms with Gasteiger partial charge >= 0.3 is 5.97 Å². The molecule has 2 aromatic rings. The molecule has 0 aliphatic rings. The number of rotatable bonds is 7. The molecule has 0 aliphatic carbocycles. The number of carbonyl (C=O) groups is 2. The van der Waals surface area contributed by atoms with Crippen molar-refractivity contribution in [1.82, 2.24) is 4.31 Å². The number of carbonyl (C=O) groups excluding carboxylic acids is 2. The van der Waals surface area contributed by atoms with E-state index in [4.69, 9.17) is 0 Å². The Balaban J connectivity index is 2.06. The number of likely N-dealkylation sites (N-methyl/N-ethyl adjacent to an activating group) is 1. The molecule has 28 heavy (non-hydrogen) atoms. The number of aryl methyl sites for hydroxylation is 1. The summed E-state index contributed by atoms with van der Waals surface area (Å²) < 4.78 is 30.3. The summed E-state index contributed by atoms with van der Waals surface area (Å²) >= 11 is 0. The van der Waals surface area contributed by atoms with Crippen LogP contribution < -0.4 is 5.32 Å². The second-order valence-electron chi connectivity index (χ2n) is 6.08. The fraction of sp³-hybridized carbons (Fsp3) is 0.200. The van der Waals surface area contributed by atoms with Crippen LogP contribution in [-0.4, -0.2) is 45.3 Å². The third-order valence-corrected chi connectivity index (χ3v) is 5.44. The Morgan fingerprint density at radius 1 is 1.14 bits per heavy atom. The normalized spacial score (nSPS) is 11.6. The Morgan fingerprint density at radius 3 is 2.46 bits per heavy atom. The second-order valence-corrected chi connectivity index (χ2v) is 8.01. The summed E-state index contributed by atoms with van der Waals surface area (Å²) in [5, 5.41) is 3.68. The van der Waals surface area contributed by atoms with Gasteiger partial charge < -0.3 is 10.1 Å².